The molecule has 0 spiro atoms. The van der Waals surface area contributed by atoms with Crippen LogP contribution in [0.15, 0.2) is 24.3 Å². The number of imide groups is 1. The van der Waals surface area contributed by atoms with Crippen molar-refractivity contribution in [3.05, 3.63) is 29.8 Å². The van der Waals surface area contributed by atoms with Crippen molar-refractivity contribution in [3.63, 3.8) is 0 Å². The van der Waals surface area contributed by atoms with Gasteiger partial charge in [0.1, 0.15) is 11.8 Å². The third-order valence-electron chi connectivity index (χ3n) is 4.32. The van der Waals surface area contributed by atoms with Crippen molar-refractivity contribution in [2.45, 2.75) is 32.9 Å². The number of methoxy groups -OCH3 is 1. The molecule has 0 radical (unpaired) electrons. The average Bonchev–Trinajstić information content (AvgIpc) is 3.10. The second-order valence-electron chi connectivity index (χ2n) is 6.70. The van der Waals surface area contributed by atoms with Crippen molar-refractivity contribution in [2.75, 3.05) is 20.2 Å². The molecule has 1 aliphatic heterocycles. The van der Waals surface area contributed by atoms with Gasteiger partial charge in [0.05, 0.1) is 12.7 Å². The van der Waals surface area contributed by atoms with Crippen LogP contribution in [0.1, 0.15) is 31.1 Å². The SMILES string of the molecule is COc1ccccc1C(=O)N[C@H](C(=O)O[C@H](C)C(=O)N1CCNC1=O)C(C)C. The van der Waals surface area contributed by atoms with Gasteiger partial charge in [-0.05, 0) is 25.0 Å². The van der Waals surface area contributed by atoms with Crippen LogP contribution in [0.3, 0.4) is 0 Å². The number of ether oxygens (including phenoxy) is 2. The zero-order valence-electron chi connectivity index (χ0n) is 16.4. The Hall–Kier alpha value is -3.10. The molecule has 0 aromatic heterocycles. The number of esters is 1. The van der Waals surface area contributed by atoms with Crippen LogP contribution in [-0.2, 0) is 14.3 Å². The summed E-state index contributed by atoms with van der Waals surface area (Å²) in [6.45, 7) is 5.46. The first kappa shape index (κ1) is 21.2. The molecule has 0 saturated carbocycles. The maximum absolute atomic E-state index is 12.6. The van der Waals surface area contributed by atoms with E-state index < -0.39 is 36.0 Å². The maximum Gasteiger partial charge on any atom is 0.329 e. The predicted molar refractivity (Wildman–Crippen MR) is 99.8 cm³/mol. The highest BCUT2D eigenvalue weighted by Crippen LogP contribution is 2.18. The van der Waals surface area contributed by atoms with Crippen molar-refractivity contribution in [1.82, 2.24) is 15.5 Å². The number of nitrogens with one attached hydrogen (secondary N) is 2. The fraction of sp³-hybridized carbons (Fsp3) is 0.474. The lowest BCUT2D eigenvalue weighted by Gasteiger charge is -2.24. The minimum Gasteiger partial charge on any atom is -0.496 e. The molecule has 1 heterocycles. The second-order valence-corrected chi connectivity index (χ2v) is 6.70. The number of benzene rings is 1. The van der Waals surface area contributed by atoms with Crippen molar-refractivity contribution in [3.8, 4) is 5.75 Å². The van der Waals surface area contributed by atoms with E-state index in [0.717, 1.165) is 4.90 Å². The summed E-state index contributed by atoms with van der Waals surface area (Å²) in [6.07, 6.45) is -1.15. The van der Waals surface area contributed by atoms with E-state index in [0.29, 0.717) is 12.3 Å². The number of carbonyl (C=O) groups is 4. The Morgan fingerprint density at radius 1 is 1.18 bits per heavy atom. The van der Waals surface area contributed by atoms with Gasteiger partial charge in [0.2, 0.25) is 0 Å². The summed E-state index contributed by atoms with van der Waals surface area (Å²) in [7, 11) is 1.45. The molecule has 28 heavy (non-hydrogen) atoms. The third-order valence-corrected chi connectivity index (χ3v) is 4.32. The molecule has 0 bridgehead atoms. The number of para-hydroxylation sites is 1. The number of rotatable bonds is 7. The minimum absolute atomic E-state index is 0.220. The number of hydrogen-bond donors (Lipinski definition) is 2. The summed E-state index contributed by atoms with van der Waals surface area (Å²) in [5, 5.41) is 5.14. The van der Waals surface area contributed by atoms with E-state index in [1.54, 1.807) is 38.1 Å². The van der Waals surface area contributed by atoms with Crippen molar-refractivity contribution in [1.29, 1.82) is 0 Å². The van der Waals surface area contributed by atoms with E-state index in [9.17, 15) is 19.2 Å². The van der Waals surface area contributed by atoms with Crippen LogP contribution in [0.25, 0.3) is 0 Å². The van der Waals surface area contributed by atoms with Gasteiger partial charge in [-0.15, -0.1) is 0 Å². The van der Waals surface area contributed by atoms with Crippen molar-refractivity contribution < 1.29 is 28.7 Å². The van der Waals surface area contributed by atoms with Crippen LogP contribution < -0.4 is 15.4 Å². The Kier molecular flexibility index (Phi) is 6.97. The van der Waals surface area contributed by atoms with Crippen LogP contribution in [0.4, 0.5) is 4.79 Å². The normalized spacial score (nSPS) is 15.6. The van der Waals surface area contributed by atoms with Gasteiger partial charge in [0, 0.05) is 13.1 Å². The van der Waals surface area contributed by atoms with Crippen LogP contribution in [0, 0.1) is 5.92 Å². The van der Waals surface area contributed by atoms with Crippen LogP contribution in [0.5, 0.6) is 5.75 Å². The Balaban J connectivity index is 2.06. The molecule has 2 N–H and O–H groups in total. The molecule has 2 rings (SSSR count). The summed E-state index contributed by atoms with van der Waals surface area (Å²) in [4.78, 5) is 50.1. The fourth-order valence-corrected chi connectivity index (χ4v) is 2.75. The zero-order chi connectivity index (χ0) is 20.8. The fourth-order valence-electron chi connectivity index (χ4n) is 2.75. The predicted octanol–water partition coefficient (Wildman–Crippen LogP) is 0.933. The van der Waals surface area contributed by atoms with Gasteiger partial charge in [0.15, 0.2) is 6.10 Å². The summed E-state index contributed by atoms with van der Waals surface area (Å²) in [6, 6.07) is 5.14. The molecule has 0 aliphatic carbocycles. The van der Waals surface area contributed by atoms with Crippen LogP contribution in [-0.4, -0.2) is 61.1 Å². The highest BCUT2D eigenvalue weighted by Gasteiger charge is 2.34. The highest BCUT2D eigenvalue weighted by molar-refractivity contribution is 6.00. The minimum atomic E-state index is -1.15. The number of nitrogens with zero attached hydrogens (tertiary/aromatic N) is 1. The molecular weight excluding hydrogens is 366 g/mol. The van der Waals surface area contributed by atoms with Gasteiger partial charge >= 0.3 is 12.0 Å². The van der Waals surface area contributed by atoms with E-state index >= 15 is 0 Å². The monoisotopic (exact) mass is 391 g/mol. The van der Waals surface area contributed by atoms with E-state index in [1.165, 1.54) is 14.0 Å². The Morgan fingerprint density at radius 3 is 2.43 bits per heavy atom. The molecule has 1 saturated heterocycles. The Labute approximate surface area is 163 Å². The van der Waals surface area contributed by atoms with Gasteiger partial charge in [0.25, 0.3) is 11.8 Å². The second kappa shape index (κ2) is 9.20. The average molecular weight is 391 g/mol. The molecule has 1 aromatic carbocycles. The molecule has 9 nitrogen and oxygen atoms in total. The van der Waals surface area contributed by atoms with E-state index in [2.05, 4.69) is 10.6 Å². The molecule has 0 unspecified atom stereocenters. The van der Waals surface area contributed by atoms with Gasteiger partial charge in [-0.1, -0.05) is 26.0 Å². The summed E-state index contributed by atoms with van der Waals surface area (Å²) in [5.41, 5.74) is 0.279. The van der Waals surface area contributed by atoms with E-state index in [1.807, 2.05) is 0 Å². The number of urea groups is 1. The van der Waals surface area contributed by atoms with Gasteiger partial charge in [-0.3, -0.25) is 14.5 Å². The number of amides is 4. The topological polar surface area (TPSA) is 114 Å². The molecule has 1 aliphatic rings. The summed E-state index contributed by atoms with van der Waals surface area (Å²) < 4.78 is 10.4. The molecule has 4 amide bonds. The van der Waals surface area contributed by atoms with Gasteiger partial charge in [-0.2, -0.15) is 0 Å². The summed E-state index contributed by atoms with van der Waals surface area (Å²) in [5.74, 6) is -1.77. The first-order valence-electron chi connectivity index (χ1n) is 8.99. The lowest BCUT2D eigenvalue weighted by atomic mass is 10.0. The Morgan fingerprint density at radius 2 is 1.86 bits per heavy atom. The highest BCUT2D eigenvalue weighted by atomic mass is 16.5. The zero-order valence-corrected chi connectivity index (χ0v) is 16.4. The number of carbonyl (C=O) groups excluding carboxylic acids is 4. The summed E-state index contributed by atoms with van der Waals surface area (Å²) >= 11 is 0. The van der Waals surface area contributed by atoms with Crippen molar-refractivity contribution in [2.24, 2.45) is 5.92 Å². The van der Waals surface area contributed by atoms with Gasteiger partial charge in [-0.25, -0.2) is 9.59 Å². The molecule has 2 atom stereocenters. The van der Waals surface area contributed by atoms with E-state index in [4.69, 9.17) is 9.47 Å². The third kappa shape index (κ3) is 4.79. The smallest absolute Gasteiger partial charge is 0.329 e. The lowest BCUT2D eigenvalue weighted by molar-refractivity contribution is -0.160. The molecule has 152 valence electrons. The molecule has 9 heteroatoms. The molecule has 1 aromatic rings. The standard InChI is InChI=1S/C19H25N3O6/c1-11(2)15(21-16(23)13-7-5-6-8-14(13)27-4)18(25)28-12(3)17(24)22-10-9-20-19(22)26/h5-8,11-12,15H,9-10H2,1-4H3,(H,20,26)(H,21,23)/t12-,15+/m1/s1. The first-order chi connectivity index (χ1) is 13.3. The first-order valence-corrected chi connectivity index (χ1v) is 8.99. The maximum atomic E-state index is 12.6. The number of hydrogen-bond acceptors (Lipinski definition) is 6. The van der Waals surface area contributed by atoms with Crippen molar-refractivity contribution >= 4 is 23.8 Å². The van der Waals surface area contributed by atoms with Gasteiger partial charge < -0.3 is 20.1 Å². The quantitative estimate of drug-likeness (QED) is 0.669. The Bertz CT molecular complexity index is 764. The largest absolute Gasteiger partial charge is 0.496 e. The van der Waals surface area contributed by atoms with Crippen LogP contribution in [0.2, 0.25) is 0 Å². The molecule has 1 fully saturated rings. The van der Waals surface area contributed by atoms with Crippen LogP contribution >= 0.6 is 0 Å². The molecular formula is C19H25N3O6. The van der Waals surface area contributed by atoms with E-state index in [-0.39, 0.29) is 18.0 Å². The lowest BCUT2D eigenvalue weighted by Crippen LogP contribution is -2.48.